The second-order valence-electron chi connectivity index (χ2n) is 24.8. The Bertz CT molecular complexity index is 6340. The van der Waals surface area contributed by atoms with E-state index in [2.05, 4.69) is 106 Å². The standard InChI is InChI=1S/C90H44N14/c91-45-54-27-55(46-92)32-70(31-54)64-15-22-83-79(39-64)80-40-65(71-33-56(47-93)28-57(34-71)48-94)16-23-84(80)103(83)74-20-21-76(90-101-88(62-9-3-1-4-10-62)100-89(102-90)63-11-5-2-6-12-63)77(44-74)78-43-68(75-14-8-7-13-69(75)53-99)19-26-85(78)104-86-24-17-66(72-35-58(49-95)29-59(36-72)50-96)41-81(86)82-42-67(18-25-87(82)104)73-37-60(51-97)30-61(38-73)52-98/h1-44H. The molecule has 3 aromatic heterocycles. The van der Waals surface area contributed by atoms with Crippen LogP contribution in [0.25, 0.3) is 156 Å². The molecule has 14 heteroatoms. The molecule has 0 radical (unpaired) electrons. The lowest BCUT2D eigenvalue weighted by Gasteiger charge is -2.20. The molecule has 0 aliphatic heterocycles. The molecule has 16 rings (SSSR count). The van der Waals surface area contributed by atoms with Gasteiger partial charge in [-0.1, -0.05) is 109 Å². The van der Waals surface area contributed by atoms with Crippen LogP contribution in [0.4, 0.5) is 0 Å². The van der Waals surface area contributed by atoms with Crippen LogP contribution >= 0.6 is 0 Å². The van der Waals surface area contributed by atoms with Crippen LogP contribution in [0, 0.1) is 102 Å². The molecule has 0 aliphatic rings. The van der Waals surface area contributed by atoms with Crippen molar-refractivity contribution in [3.8, 4) is 167 Å². The van der Waals surface area contributed by atoms with E-state index >= 15 is 0 Å². The van der Waals surface area contributed by atoms with Gasteiger partial charge in [-0.25, -0.2) is 15.0 Å². The largest absolute Gasteiger partial charge is 0.309 e. The van der Waals surface area contributed by atoms with Crippen LogP contribution < -0.4 is 0 Å². The number of benzene rings is 13. The van der Waals surface area contributed by atoms with E-state index in [4.69, 9.17) is 15.0 Å². The van der Waals surface area contributed by atoms with E-state index in [-0.39, 0.29) is 0 Å². The molecule has 474 valence electrons. The summed E-state index contributed by atoms with van der Waals surface area (Å²) in [4.78, 5) is 15.9. The van der Waals surface area contributed by atoms with Gasteiger partial charge in [-0.3, -0.25) is 0 Å². The fourth-order valence-electron chi connectivity index (χ4n) is 14.0. The topological polar surface area (TPSA) is 263 Å². The predicted octanol–water partition coefficient (Wildman–Crippen LogP) is 19.9. The summed E-state index contributed by atoms with van der Waals surface area (Å²) >= 11 is 0. The van der Waals surface area contributed by atoms with Crippen LogP contribution in [0.5, 0.6) is 0 Å². The number of hydrogen-bond acceptors (Lipinski definition) is 12. The van der Waals surface area contributed by atoms with Crippen molar-refractivity contribution in [2.24, 2.45) is 0 Å². The Hall–Kier alpha value is -16.1. The van der Waals surface area contributed by atoms with Gasteiger partial charge in [0.2, 0.25) is 0 Å². The molecule has 0 amide bonds. The summed E-state index contributed by atoms with van der Waals surface area (Å²) < 4.78 is 4.38. The quantitative estimate of drug-likeness (QED) is 0.117. The van der Waals surface area contributed by atoms with Gasteiger partial charge in [0.05, 0.1) is 132 Å². The normalized spacial score (nSPS) is 10.8. The number of rotatable bonds is 11. The molecule has 0 spiro atoms. The molecular weight excluding hydrogens is 1280 g/mol. The van der Waals surface area contributed by atoms with E-state index in [1.807, 2.05) is 146 Å². The molecule has 0 bridgehead atoms. The summed E-state index contributed by atoms with van der Waals surface area (Å²) in [6, 6.07) is 104. The van der Waals surface area contributed by atoms with E-state index in [1.165, 1.54) is 0 Å². The summed E-state index contributed by atoms with van der Waals surface area (Å²) in [5, 5.41) is 95.6. The second-order valence-corrected chi connectivity index (χ2v) is 24.8. The lowest BCUT2D eigenvalue weighted by Crippen LogP contribution is -2.04. The second kappa shape index (κ2) is 26.0. The van der Waals surface area contributed by atoms with Crippen molar-refractivity contribution >= 4 is 43.6 Å². The summed E-state index contributed by atoms with van der Waals surface area (Å²) in [6.07, 6.45) is 0. The van der Waals surface area contributed by atoms with E-state index in [9.17, 15) is 47.4 Å². The maximum Gasteiger partial charge on any atom is 0.164 e. The van der Waals surface area contributed by atoms with Gasteiger partial charge in [0, 0.05) is 49.5 Å². The monoisotopic (exact) mass is 1320 g/mol. The van der Waals surface area contributed by atoms with Crippen molar-refractivity contribution < 1.29 is 0 Å². The zero-order valence-electron chi connectivity index (χ0n) is 54.7. The third-order valence-electron chi connectivity index (χ3n) is 18.7. The van der Waals surface area contributed by atoms with Crippen molar-refractivity contribution in [1.29, 1.82) is 47.4 Å². The smallest absolute Gasteiger partial charge is 0.164 e. The number of fused-ring (bicyclic) bond motifs is 6. The Balaban J connectivity index is 1.03. The van der Waals surface area contributed by atoms with Crippen molar-refractivity contribution in [2.75, 3.05) is 0 Å². The molecule has 14 nitrogen and oxygen atoms in total. The first-order chi connectivity index (χ1) is 51.0. The highest BCUT2D eigenvalue weighted by molar-refractivity contribution is 6.14. The maximum atomic E-state index is 10.8. The average Bonchev–Trinajstić information content (AvgIpc) is 1.55. The fraction of sp³-hybridized carbons (Fsp3) is 0. The number of nitrogens with zero attached hydrogens (tertiary/aromatic N) is 14. The van der Waals surface area contributed by atoms with Crippen LogP contribution in [0.3, 0.4) is 0 Å². The predicted molar refractivity (Wildman–Crippen MR) is 400 cm³/mol. The highest BCUT2D eigenvalue weighted by Crippen LogP contribution is 2.46. The molecule has 0 atom stereocenters. The zero-order valence-corrected chi connectivity index (χ0v) is 54.7. The van der Waals surface area contributed by atoms with Crippen LogP contribution in [-0.4, -0.2) is 24.1 Å². The number of hydrogen-bond donors (Lipinski definition) is 0. The van der Waals surface area contributed by atoms with Crippen molar-refractivity contribution in [2.45, 2.75) is 0 Å². The minimum atomic E-state index is 0.324. The van der Waals surface area contributed by atoms with Gasteiger partial charge in [-0.2, -0.15) is 47.4 Å². The van der Waals surface area contributed by atoms with E-state index in [1.54, 1.807) is 78.9 Å². The fourth-order valence-corrected chi connectivity index (χ4v) is 14.0. The highest BCUT2D eigenvalue weighted by atomic mass is 15.0. The zero-order chi connectivity index (χ0) is 71.1. The summed E-state index contributed by atoms with van der Waals surface area (Å²) in [7, 11) is 0. The first-order valence-corrected chi connectivity index (χ1v) is 32.7. The van der Waals surface area contributed by atoms with Gasteiger partial charge in [0.1, 0.15) is 0 Å². The van der Waals surface area contributed by atoms with Gasteiger partial charge in [0.25, 0.3) is 0 Å². The Morgan fingerprint density at radius 1 is 0.212 bits per heavy atom. The number of nitriles is 9. The SMILES string of the molecule is N#Cc1cc(C#N)cc(-c2ccc3c(c2)c2cc(-c4cc(C#N)cc(C#N)c4)ccc2n3-c2ccc(-c3nc(-c4ccccc4)nc(-c4ccccc4)n3)c(-c3cc(-c4ccccc4C#N)ccc3-n3c4ccc(-c5cc(C#N)cc(C#N)c5)cc4c4cc(-c5cc(C#N)cc(C#N)c5)ccc43)c2)c1. The highest BCUT2D eigenvalue weighted by Gasteiger charge is 2.26. The Labute approximate surface area is 595 Å². The van der Waals surface area contributed by atoms with E-state index < -0.39 is 0 Å². The van der Waals surface area contributed by atoms with Crippen LogP contribution in [0.2, 0.25) is 0 Å². The Morgan fingerprint density at radius 3 is 0.933 bits per heavy atom. The first kappa shape index (κ1) is 62.7. The molecule has 0 unspecified atom stereocenters. The molecule has 0 N–H and O–H groups in total. The van der Waals surface area contributed by atoms with Crippen LogP contribution in [-0.2, 0) is 0 Å². The third kappa shape index (κ3) is 11.2. The lowest BCUT2D eigenvalue weighted by atomic mass is 9.91. The van der Waals surface area contributed by atoms with Gasteiger partial charge < -0.3 is 9.13 Å². The molecule has 3 heterocycles. The Morgan fingerprint density at radius 2 is 0.558 bits per heavy atom. The van der Waals surface area contributed by atoms with Crippen molar-refractivity contribution in [3.05, 3.63) is 317 Å². The molecule has 16 aromatic rings. The van der Waals surface area contributed by atoms with Crippen LogP contribution in [0.1, 0.15) is 50.1 Å². The molecule has 0 saturated carbocycles. The van der Waals surface area contributed by atoms with Gasteiger partial charge in [-0.05, 0) is 219 Å². The van der Waals surface area contributed by atoms with Gasteiger partial charge in [0.15, 0.2) is 17.5 Å². The molecule has 104 heavy (non-hydrogen) atoms. The lowest BCUT2D eigenvalue weighted by molar-refractivity contribution is 1.07. The molecule has 13 aromatic carbocycles. The first-order valence-electron chi connectivity index (χ1n) is 32.7. The molecule has 0 aliphatic carbocycles. The molecule has 0 fully saturated rings. The third-order valence-corrected chi connectivity index (χ3v) is 18.7. The van der Waals surface area contributed by atoms with E-state index in [0.717, 1.165) is 82.6 Å². The summed E-state index contributed by atoms with van der Waals surface area (Å²) in [5.74, 6) is 1.21. The minimum absolute atomic E-state index is 0.324. The maximum absolute atomic E-state index is 10.8. The van der Waals surface area contributed by atoms with Crippen molar-refractivity contribution in [3.63, 3.8) is 0 Å². The molecular formula is C90H44N14. The van der Waals surface area contributed by atoms with Gasteiger partial charge >= 0.3 is 0 Å². The average molecular weight is 1320 g/mol. The Kier molecular flexibility index (Phi) is 15.7. The summed E-state index contributed by atoms with van der Waals surface area (Å²) in [6.45, 7) is 0. The number of aromatic nitrogens is 5. The summed E-state index contributed by atoms with van der Waals surface area (Å²) in [5.41, 5.74) is 18.1. The van der Waals surface area contributed by atoms with Gasteiger partial charge in [-0.15, -0.1) is 0 Å². The van der Waals surface area contributed by atoms with E-state index in [0.29, 0.717) is 123 Å². The molecule has 0 saturated heterocycles. The van der Waals surface area contributed by atoms with Crippen molar-refractivity contribution in [1.82, 2.24) is 24.1 Å². The minimum Gasteiger partial charge on any atom is -0.309 e. The van der Waals surface area contributed by atoms with Crippen LogP contribution in [0.15, 0.2) is 267 Å².